The van der Waals surface area contributed by atoms with Crippen LogP contribution in [0.5, 0.6) is 0 Å². The maximum Gasteiger partial charge on any atom is 0.225 e. The molecule has 0 fully saturated rings. The van der Waals surface area contributed by atoms with Crippen LogP contribution in [-0.2, 0) is 4.79 Å². The summed E-state index contributed by atoms with van der Waals surface area (Å²) in [5.41, 5.74) is 0.420. The predicted molar refractivity (Wildman–Crippen MR) is 63.2 cm³/mol. The average molecular weight is 245 g/mol. The van der Waals surface area contributed by atoms with E-state index in [2.05, 4.69) is 10.6 Å². The fraction of sp³-hybridized carbons (Fsp3) is 0.364. The molecule has 0 atom stereocenters. The quantitative estimate of drug-likeness (QED) is 0.781. The minimum atomic E-state index is -0.536. The Morgan fingerprint density at radius 2 is 2.25 bits per heavy atom. The zero-order chi connectivity index (χ0) is 12.0. The van der Waals surface area contributed by atoms with Gasteiger partial charge in [-0.05, 0) is 24.7 Å². The first kappa shape index (κ1) is 12.9. The van der Waals surface area contributed by atoms with Gasteiger partial charge in [0.1, 0.15) is 5.82 Å². The van der Waals surface area contributed by atoms with E-state index < -0.39 is 5.82 Å². The second-order valence-corrected chi connectivity index (χ2v) is 3.69. The molecule has 0 aliphatic carbocycles. The third kappa shape index (κ3) is 4.16. The summed E-state index contributed by atoms with van der Waals surface area (Å²) in [6.45, 7) is 3.40. The van der Waals surface area contributed by atoms with Crippen LogP contribution >= 0.6 is 11.6 Å². The summed E-state index contributed by atoms with van der Waals surface area (Å²) in [4.78, 5) is 11.4. The number of nitrogens with one attached hydrogen (secondary N) is 2. The second kappa shape index (κ2) is 6.45. The monoisotopic (exact) mass is 244 g/mol. The van der Waals surface area contributed by atoms with Crippen LogP contribution < -0.4 is 10.6 Å². The van der Waals surface area contributed by atoms with E-state index in [1.54, 1.807) is 6.07 Å². The molecule has 0 unspecified atom stereocenters. The average Bonchev–Trinajstić information content (AvgIpc) is 2.24. The number of halogens is 2. The van der Waals surface area contributed by atoms with Crippen molar-refractivity contribution in [2.75, 3.05) is 18.4 Å². The Balaban J connectivity index is 2.46. The Labute approximate surface area is 99.0 Å². The van der Waals surface area contributed by atoms with Crippen molar-refractivity contribution in [3.05, 3.63) is 29.0 Å². The molecule has 0 saturated heterocycles. The Morgan fingerprint density at radius 3 is 2.88 bits per heavy atom. The molecule has 2 N–H and O–H groups in total. The van der Waals surface area contributed by atoms with Crippen LogP contribution in [-0.4, -0.2) is 19.0 Å². The highest BCUT2D eigenvalue weighted by Gasteiger charge is 2.04. The summed E-state index contributed by atoms with van der Waals surface area (Å²) < 4.78 is 13.0. The highest BCUT2D eigenvalue weighted by molar-refractivity contribution is 6.30. The molecule has 0 heterocycles. The summed E-state index contributed by atoms with van der Waals surface area (Å²) in [6.07, 6.45) is 0.359. The number of benzene rings is 1. The lowest BCUT2D eigenvalue weighted by Crippen LogP contribution is -2.21. The fourth-order valence-corrected chi connectivity index (χ4v) is 1.29. The van der Waals surface area contributed by atoms with Crippen LogP contribution in [0.4, 0.5) is 10.1 Å². The third-order valence-corrected chi connectivity index (χ3v) is 2.29. The van der Waals surface area contributed by atoms with E-state index in [0.717, 1.165) is 6.54 Å². The minimum absolute atomic E-state index is 0.0469. The maximum atomic E-state index is 13.0. The highest BCUT2D eigenvalue weighted by atomic mass is 35.5. The lowest BCUT2D eigenvalue weighted by molar-refractivity contribution is -0.116. The Morgan fingerprint density at radius 1 is 1.50 bits per heavy atom. The van der Waals surface area contributed by atoms with Crippen LogP contribution in [0.1, 0.15) is 13.3 Å². The molecule has 0 bridgehead atoms. The molecule has 0 aromatic heterocycles. The third-order valence-electron chi connectivity index (χ3n) is 1.98. The van der Waals surface area contributed by atoms with Crippen LogP contribution in [0.15, 0.2) is 18.2 Å². The van der Waals surface area contributed by atoms with Crippen LogP contribution in [0.2, 0.25) is 5.02 Å². The Kier molecular flexibility index (Phi) is 5.22. The molecule has 16 heavy (non-hydrogen) atoms. The normalized spacial score (nSPS) is 10.2. The number of carbonyl (C=O) groups is 1. The van der Waals surface area contributed by atoms with Crippen LogP contribution in [0.3, 0.4) is 0 Å². The van der Waals surface area contributed by atoms with Gasteiger partial charge in [0.25, 0.3) is 0 Å². The number of carbonyl (C=O) groups excluding carboxylic acids is 1. The van der Waals surface area contributed by atoms with E-state index in [-0.39, 0.29) is 10.9 Å². The van der Waals surface area contributed by atoms with Crippen molar-refractivity contribution in [2.24, 2.45) is 0 Å². The highest BCUT2D eigenvalue weighted by Crippen LogP contribution is 2.18. The first-order valence-electron chi connectivity index (χ1n) is 5.09. The van der Waals surface area contributed by atoms with Gasteiger partial charge >= 0.3 is 0 Å². The van der Waals surface area contributed by atoms with Gasteiger partial charge in [0, 0.05) is 18.7 Å². The zero-order valence-corrected chi connectivity index (χ0v) is 9.77. The Hall–Kier alpha value is -1.13. The van der Waals surface area contributed by atoms with E-state index in [1.165, 1.54) is 12.1 Å². The molecule has 0 aliphatic rings. The van der Waals surface area contributed by atoms with Crippen LogP contribution in [0, 0.1) is 5.82 Å². The molecule has 5 heteroatoms. The summed E-state index contributed by atoms with van der Waals surface area (Å²) in [5, 5.41) is 5.67. The Bertz CT molecular complexity index is 371. The molecular formula is C11H14ClFN2O. The molecule has 0 saturated carbocycles. The van der Waals surface area contributed by atoms with Gasteiger partial charge < -0.3 is 10.6 Å². The molecule has 1 aromatic carbocycles. The van der Waals surface area contributed by atoms with Gasteiger partial charge in [-0.25, -0.2) is 4.39 Å². The zero-order valence-electron chi connectivity index (χ0n) is 9.02. The van der Waals surface area contributed by atoms with Gasteiger partial charge in [0.15, 0.2) is 0 Å². The van der Waals surface area contributed by atoms with Crippen molar-refractivity contribution < 1.29 is 9.18 Å². The molecule has 0 radical (unpaired) electrons. The van der Waals surface area contributed by atoms with Crippen molar-refractivity contribution in [3.8, 4) is 0 Å². The van der Waals surface area contributed by atoms with Gasteiger partial charge in [-0.15, -0.1) is 0 Å². The lowest BCUT2D eigenvalue weighted by atomic mass is 10.3. The van der Waals surface area contributed by atoms with Crippen molar-refractivity contribution >= 4 is 23.2 Å². The summed E-state index contributed by atoms with van der Waals surface area (Å²) in [7, 11) is 0. The van der Waals surface area contributed by atoms with Gasteiger partial charge in [0.2, 0.25) is 5.91 Å². The standard InChI is InChI=1S/C11H14ClFN2O/c1-2-14-6-5-11(16)15-8-3-4-9(12)10(13)7-8/h3-4,7,14H,2,5-6H2,1H3,(H,15,16). The second-order valence-electron chi connectivity index (χ2n) is 3.28. The van der Waals surface area contributed by atoms with E-state index in [0.29, 0.717) is 18.7 Å². The molecule has 0 aliphatic heterocycles. The minimum Gasteiger partial charge on any atom is -0.326 e. The number of anilines is 1. The lowest BCUT2D eigenvalue weighted by Gasteiger charge is -2.06. The number of hydrogen-bond donors (Lipinski definition) is 2. The molecule has 88 valence electrons. The maximum absolute atomic E-state index is 13.0. The van der Waals surface area contributed by atoms with Crippen molar-refractivity contribution in [3.63, 3.8) is 0 Å². The molecule has 1 aromatic rings. The van der Waals surface area contributed by atoms with Crippen LogP contribution in [0.25, 0.3) is 0 Å². The molecule has 0 spiro atoms. The van der Waals surface area contributed by atoms with E-state index in [4.69, 9.17) is 11.6 Å². The largest absolute Gasteiger partial charge is 0.326 e. The van der Waals surface area contributed by atoms with E-state index in [1.807, 2.05) is 6.92 Å². The predicted octanol–water partition coefficient (Wildman–Crippen LogP) is 2.42. The summed E-state index contributed by atoms with van der Waals surface area (Å²) in [6, 6.07) is 4.18. The summed E-state index contributed by atoms with van der Waals surface area (Å²) in [5.74, 6) is -0.686. The first-order valence-corrected chi connectivity index (χ1v) is 5.47. The smallest absolute Gasteiger partial charge is 0.225 e. The SMILES string of the molecule is CCNCCC(=O)Nc1ccc(Cl)c(F)c1. The number of hydrogen-bond acceptors (Lipinski definition) is 2. The molecule has 3 nitrogen and oxygen atoms in total. The van der Waals surface area contributed by atoms with Crippen molar-refractivity contribution in [1.29, 1.82) is 0 Å². The van der Waals surface area contributed by atoms with Crippen molar-refractivity contribution in [2.45, 2.75) is 13.3 Å². The fourth-order valence-electron chi connectivity index (χ4n) is 1.18. The topological polar surface area (TPSA) is 41.1 Å². The molecule has 1 amide bonds. The van der Waals surface area contributed by atoms with Crippen molar-refractivity contribution in [1.82, 2.24) is 5.32 Å². The van der Waals surface area contributed by atoms with Gasteiger partial charge in [-0.2, -0.15) is 0 Å². The first-order chi connectivity index (χ1) is 7.63. The van der Waals surface area contributed by atoms with Gasteiger partial charge in [0.05, 0.1) is 5.02 Å². The molecular weight excluding hydrogens is 231 g/mol. The van der Waals surface area contributed by atoms with Gasteiger partial charge in [-0.3, -0.25) is 4.79 Å². The molecule has 1 rings (SSSR count). The van der Waals surface area contributed by atoms with E-state index >= 15 is 0 Å². The summed E-state index contributed by atoms with van der Waals surface area (Å²) >= 11 is 5.52. The van der Waals surface area contributed by atoms with Gasteiger partial charge in [-0.1, -0.05) is 18.5 Å². The number of amides is 1. The number of rotatable bonds is 5. The van der Waals surface area contributed by atoms with E-state index in [9.17, 15) is 9.18 Å².